The Hall–Kier alpha value is -3.48. The minimum Gasteiger partial charge on any atom is -0.322 e. The van der Waals surface area contributed by atoms with Crippen molar-refractivity contribution < 1.29 is 4.79 Å². The zero-order valence-electron chi connectivity index (χ0n) is 16.4. The van der Waals surface area contributed by atoms with Gasteiger partial charge in [0, 0.05) is 36.0 Å². The van der Waals surface area contributed by atoms with Crippen molar-refractivity contribution in [2.75, 3.05) is 5.32 Å². The Morgan fingerprint density at radius 2 is 1.89 bits per heavy atom. The van der Waals surface area contributed by atoms with Crippen molar-refractivity contribution in [3.63, 3.8) is 0 Å². The average molecular weight is 374 g/mol. The molecule has 3 aromatic heterocycles. The number of fused-ring (bicyclic) bond motifs is 1. The molecule has 0 saturated carbocycles. The first-order valence-electron chi connectivity index (χ1n) is 9.24. The summed E-state index contributed by atoms with van der Waals surface area (Å²) in [5.74, 6) is 0.746. The van der Waals surface area contributed by atoms with Crippen LogP contribution in [0.2, 0.25) is 0 Å². The van der Waals surface area contributed by atoms with Gasteiger partial charge in [-0.05, 0) is 58.0 Å². The van der Waals surface area contributed by atoms with Gasteiger partial charge in [-0.25, -0.2) is 14.6 Å². The van der Waals surface area contributed by atoms with Crippen molar-refractivity contribution in [1.29, 1.82) is 0 Å². The molecule has 0 bridgehead atoms. The molecular weight excluding hydrogens is 352 g/mol. The van der Waals surface area contributed by atoms with E-state index in [0.29, 0.717) is 12.1 Å². The van der Waals surface area contributed by atoms with E-state index in [0.717, 1.165) is 39.6 Å². The van der Waals surface area contributed by atoms with Gasteiger partial charge in [0.05, 0.1) is 16.6 Å². The average Bonchev–Trinajstić information content (AvgIpc) is 3.24. The second-order valence-corrected chi connectivity index (χ2v) is 6.76. The lowest BCUT2D eigenvalue weighted by atomic mass is 10.1. The Kier molecular flexibility index (Phi) is 4.43. The maximum atomic E-state index is 13.0. The lowest BCUT2D eigenvalue weighted by molar-refractivity contribution is 0.102. The SMILES string of the molecule is CCn1nc(C)c2c(C(=O)Nc3ccc(-n4ccnc4C)cc3)cc(C)nc21. The lowest BCUT2D eigenvalue weighted by Gasteiger charge is -2.10. The van der Waals surface area contributed by atoms with Gasteiger partial charge in [0.15, 0.2) is 5.65 Å². The number of aryl methyl sites for hydroxylation is 4. The number of carbonyl (C=O) groups excluding carboxylic acids is 1. The number of imidazole rings is 1. The fourth-order valence-electron chi connectivity index (χ4n) is 3.43. The molecule has 7 heteroatoms. The van der Waals surface area contributed by atoms with E-state index in [4.69, 9.17) is 0 Å². The molecule has 4 rings (SSSR count). The van der Waals surface area contributed by atoms with Gasteiger partial charge in [-0.1, -0.05) is 0 Å². The molecule has 0 unspecified atom stereocenters. The Labute approximate surface area is 163 Å². The number of hydrogen-bond donors (Lipinski definition) is 1. The van der Waals surface area contributed by atoms with Gasteiger partial charge in [0.2, 0.25) is 0 Å². The van der Waals surface area contributed by atoms with Gasteiger partial charge in [-0.2, -0.15) is 5.10 Å². The van der Waals surface area contributed by atoms with Crippen LogP contribution in [0.3, 0.4) is 0 Å². The summed E-state index contributed by atoms with van der Waals surface area (Å²) in [6.07, 6.45) is 3.68. The van der Waals surface area contributed by atoms with E-state index in [1.54, 1.807) is 6.20 Å². The van der Waals surface area contributed by atoms with Crippen molar-refractivity contribution in [2.45, 2.75) is 34.2 Å². The van der Waals surface area contributed by atoms with Crippen molar-refractivity contribution in [2.24, 2.45) is 0 Å². The first kappa shape index (κ1) is 17.9. The molecule has 3 heterocycles. The molecule has 1 N–H and O–H groups in total. The Morgan fingerprint density at radius 3 is 2.54 bits per heavy atom. The zero-order valence-corrected chi connectivity index (χ0v) is 16.4. The second-order valence-electron chi connectivity index (χ2n) is 6.76. The standard InChI is InChI=1S/C21H22N6O/c1-5-27-20-19(14(3)25-27)18(12-13(2)23-20)21(28)24-16-6-8-17(9-7-16)26-11-10-22-15(26)4/h6-12H,5H2,1-4H3,(H,24,28). The highest BCUT2D eigenvalue weighted by atomic mass is 16.1. The van der Waals surface area contributed by atoms with Crippen LogP contribution < -0.4 is 5.32 Å². The molecule has 142 valence electrons. The molecule has 1 amide bonds. The Balaban J connectivity index is 1.66. The first-order chi connectivity index (χ1) is 13.5. The number of anilines is 1. The number of rotatable bonds is 4. The fourth-order valence-corrected chi connectivity index (χ4v) is 3.43. The van der Waals surface area contributed by atoms with Crippen LogP contribution in [0.25, 0.3) is 16.7 Å². The number of aromatic nitrogens is 5. The molecule has 0 aliphatic carbocycles. The minimum absolute atomic E-state index is 0.166. The highest BCUT2D eigenvalue weighted by molar-refractivity contribution is 6.12. The number of nitrogens with one attached hydrogen (secondary N) is 1. The van der Waals surface area contributed by atoms with Crippen LogP contribution in [-0.2, 0) is 6.54 Å². The summed E-state index contributed by atoms with van der Waals surface area (Å²) in [5, 5.41) is 8.31. The molecule has 0 saturated heterocycles. The third kappa shape index (κ3) is 3.05. The third-order valence-electron chi connectivity index (χ3n) is 4.78. The molecule has 0 spiro atoms. The summed E-state index contributed by atoms with van der Waals surface area (Å²) < 4.78 is 3.82. The van der Waals surface area contributed by atoms with Gasteiger partial charge in [-0.15, -0.1) is 0 Å². The van der Waals surface area contributed by atoms with Crippen LogP contribution >= 0.6 is 0 Å². The highest BCUT2D eigenvalue weighted by Gasteiger charge is 2.18. The zero-order chi connectivity index (χ0) is 19.8. The van der Waals surface area contributed by atoms with Crippen molar-refractivity contribution >= 4 is 22.6 Å². The van der Waals surface area contributed by atoms with Gasteiger partial charge in [0.1, 0.15) is 5.82 Å². The van der Waals surface area contributed by atoms with E-state index < -0.39 is 0 Å². The monoisotopic (exact) mass is 374 g/mol. The molecule has 0 atom stereocenters. The summed E-state index contributed by atoms with van der Waals surface area (Å²) in [7, 11) is 0. The smallest absolute Gasteiger partial charge is 0.256 e. The van der Waals surface area contributed by atoms with Crippen LogP contribution in [0, 0.1) is 20.8 Å². The molecule has 0 fully saturated rings. The maximum Gasteiger partial charge on any atom is 0.256 e. The number of carbonyl (C=O) groups is 1. The third-order valence-corrected chi connectivity index (χ3v) is 4.78. The minimum atomic E-state index is -0.166. The molecule has 0 aliphatic heterocycles. The van der Waals surface area contributed by atoms with Crippen molar-refractivity contribution in [3.8, 4) is 5.69 Å². The van der Waals surface area contributed by atoms with Gasteiger partial charge >= 0.3 is 0 Å². The van der Waals surface area contributed by atoms with E-state index in [1.807, 2.05) is 73.5 Å². The predicted octanol–water partition coefficient (Wildman–Crippen LogP) is 3.81. The van der Waals surface area contributed by atoms with Crippen LogP contribution in [0.15, 0.2) is 42.7 Å². The fraction of sp³-hybridized carbons (Fsp3) is 0.238. The number of benzene rings is 1. The summed E-state index contributed by atoms with van der Waals surface area (Å²) >= 11 is 0. The van der Waals surface area contributed by atoms with Crippen molar-refractivity contribution in [1.82, 2.24) is 24.3 Å². The normalized spacial score (nSPS) is 11.1. The summed E-state index contributed by atoms with van der Waals surface area (Å²) in [5.41, 5.74) is 4.66. The molecule has 4 aromatic rings. The topological polar surface area (TPSA) is 77.6 Å². The number of hydrogen-bond acceptors (Lipinski definition) is 4. The van der Waals surface area contributed by atoms with Crippen LogP contribution in [0.4, 0.5) is 5.69 Å². The van der Waals surface area contributed by atoms with Gasteiger partial charge < -0.3 is 9.88 Å². The maximum absolute atomic E-state index is 13.0. The largest absolute Gasteiger partial charge is 0.322 e. The molecule has 28 heavy (non-hydrogen) atoms. The van der Waals surface area contributed by atoms with Gasteiger partial charge in [-0.3, -0.25) is 4.79 Å². The van der Waals surface area contributed by atoms with E-state index in [-0.39, 0.29) is 5.91 Å². The predicted molar refractivity (Wildman–Crippen MR) is 109 cm³/mol. The molecular formula is C21H22N6O. The molecule has 7 nitrogen and oxygen atoms in total. The second kappa shape index (κ2) is 6.92. The van der Waals surface area contributed by atoms with Crippen molar-refractivity contribution in [3.05, 3.63) is 65.5 Å². The molecule has 0 aliphatic rings. The van der Waals surface area contributed by atoms with E-state index in [2.05, 4.69) is 20.4 Å². The van der Waals surface area contributed by atoms with E-state index in [9.17, 15) is 4.79 Å². The summed E-state index contributed by atoms with van der Waals surface area (Å²) in [6.45, 7) is 8.47. The lowest BCUT2D eigenvalue weighted by Crippen LogP contribution is -2.13. The van der Waals surface area contributed by atoms with Crippen LogP contribution in [0.5, 0.6) is 0 Å². The van der Waals surface area contributed by atoms with Gasteiger partial charge in [0.25, 0.3) is 5.91 Å². The number of amides is 1. The highest BCUT2D eigenvalue weighted by Crippen LogP contribution is 2.24. The van der Waals surface area contributed by atoms with Crippen LogP contribution in [-0.4, -0.2) is 30.2 Å². The summed E-state index contributed by atoms with van der Waals surface area (Å²) in [6, 6.07) is 9.51. The van der Waals surface area contributed by atoms with Crippen LogP contribution in [0.1, 0.15) is 34.5 Å². The van der Waals surface area contributed by atoms with E-state index >= 15 is 0 Å². The van der Waals surface area contributed by atoms with E-state index in [1.165, 1.54) is 0 Å². The Morgan fingerprint density at radius 1 is 1.14 bits per heavy atom. The quantitative estimate of drug-likeness (QED) is 0.589. The number of pyridine rings is 1. The molecule has 0 radical (unpaired) electrons. The molecule has 1 aromatic carbocycles. The summed E-state index contributed by atoms with van der Waals surface area (Å²) in [4.78, 5) is 21.8. The first-order valence-corrected chi connectivity index (χ1v) is 9.24. The Bertz CT molecular complexity index is 1170. The number of nitrogens with zero attached hydrogens (tertiary/aromatic N) is 5.